The Morgan fingerprint density at radius 2 is 1.64 bits per heavy atom. The third-order valence-corrected chi connectivity index (χ3v) is 4.66. The standard InChI is InChI=1S/C20H38O5/c1-2-3-4-5-6-7-8-9-10-11-12-13-14-24-15-18(22)20-19(23)17(21)16-25-20/h6-7,17-23H,2-5,8-16H2,1H3/b7-6+/t17-,18+,19+,20+/m1/s1. The largest absolute Gasteiger partial charge is 0.388 e. The van der Waals surface area contributed by atoms with E-state index < -0.39 is 24.4 Å². The molecule has 0 bridgehead atoms. The van der Waals surface area contributed by atoms with Gasteiger partial charge in [-0.05, 0) is 32.1 Å². The summed E-state index contributed by atoms with van der Waals surface area (Å²) in [5.41, 5.74) is 0. The van der Waals surface area contributed by atoms with E-state index in [4.69, 9.17) is 9.47 Å². The highest BCUT2D eigenvalue weighted by Gasteiger charge is 2.39. The number of hydrogen-bond donors (Lipinski definition) is 3. The predicted molar refractivity (Wildman–Crippen MR) is 99.6 cm³/mol. The van der Waals surface area contributed by atoms with Crippen LogP contribution in [0.5, 0.6) is 0 Å². The first-order valence-electron chi connectivity index (χ1n) is 10.0. The van der Waals surface area contributed by atoms with Gasteiger partial charge in [-0.3, -0.25) is 0 Å². The normalized spacial score (nSPS) is 25.0. The maximum absolute atomic E-state index is 9.90. The van der Waals surface area contributed by atoms with Crippen molar-refractivity contribution in [2.45, 2.75) is 95.5 Å². The van der Waals surface area contributed by atoms with Gasteiger partial charge in [-0.25, -0.2) is 0 Å². The lowest BCUT2D eigenvalue weighted by atomic mass is 10.1. The summed E-state index contributed by atoms with van der Waals surface area (Å²) in [7, 11) is 0. The molecule has 1 fully saturated rings. The Balaban J connectivity index is 1.84. The Kier molecular flexibility index (Phi) is 13.3. The molecule has 1 saturated heterocycles. The van der Waals surface area contributed by atoms with E-state index in [1.165, 1.54) is 51.4 Å². The number of hydrogen-bond acceptors (Lipinski definition) is 5. The van der Waals surface area contributed by atoms with Crippen molar-refractivity contribution in [1.29, 1.82) is 0 Å². The van der Waals surface area contributed by atoms with Gasteiger partial charge in [0.05, 0.1) is 13.2 Å². The first kappa shape index (κ1) is 22.6. The minimum Gasteiger partial charge on any atom is -0.388 e. The highest BCUT2D eigenvalue weighted by Crippen LogP contribution is 2.18. The van der Waals surface area contributed by atoms with E-state index in [0.29, 0.717) is 6.61 Å². The second-order valence-corrected chi connectivity index (χ2v) is 7.02. The first-order chi connectivity index (χ1) is 12.2. The molecule has 0 radical (unpaired) electrons. The summed E-state index contributed by atoms with van der Waals surface area (Å²) in [4.78, 5) is 0. The van der Waals surface area contributed by atoms with E-state index in [2.05, 4.69) is 19.1 Å². The van der Waals surface area contributed by atoms with Crippen molar-refractivity contribution in [3.8, 4) is 0 Å². The molecule has 25 heavy (non-hydrogen) atoms. The molecular weight excluding hydrogens is 320 g/mol. The van der Waals surface area contributed by atoms with Crippen molar-refractivity contribution in [3.05, 3.63) is 12.2 Å². The molecule has 3 N–H and O–H groups in total. The lowest BCUT2D eigenvalue weighted by Gasteiger charge is -2.20. The van der Waals surface area contributed by atoms with E-state index in [1.807, 2.05) is 0 Å². The Morgan fingerprint density at radius 1 is 1.00 bits per heavy atom. The van der Waals surface area contributed by atoms with Crippen molar-refractivity contribution < 1.29 is 24.8 Å². The lowest BCUT2D eigenvalue weighted by molar-refractivity contribution is -0.0813. The Bertz CT molecular complexity index is 334. The quantitative estimate of drug-likeness (QED) is 0.310. The maximum atomic E-state index is 9.90. The van der Waals surface area contributed by atoms with Crippen LogP contribution in [0.2, 0.25) is 0 Å². The summed E-state index contributed by atoms with van der Waals surface area (Å²) in [6.07, 6.45) is 13.2. The summed E-state index contributed by atoms with van der Waals surface area (Å²) in [6.45, 7) is 3.05. The second kappa shape index (κ2) is 14.7. The fourth-order valence-electron chi connectivity index (χ4n) is 3.01. The molecule has 1 heterocycles. The van der Waals surface area contributed by atoms with Crippen LogP contribution in [-0.2, 0) is 9.47 Å². The van der Waals surface area contributed by atoms with Crippen LogP contribution >= 0.6 is 0 Å². The molecule has 5 nitrogen and oxygen atoms in total. The summed E-state index contributed by atoms with van der Waals surface area (Å²) in [5, 5.41) is 28.9. The molecule has 0 saturated carbocycles. The second-order valence-electron chi connectivity index (χ2n) is 7.02. The average Bonchev–Trinajstić information content (AvgIpc) is 2.94. The zero-order valence-corrected chi connectivity index (χ0v) is 15.8. The van der Waals surface area contributed by atoms with Gasteiger partial charge in [0, 0.05) is 6.61 Å². The molecule has 0 aromatic heterocycles. The maximum Gasteiger partial charge on any atom is 0.114 e. The minimum atomic E-state index is -1.03. The Morgan fingerprint density at radius 3 is 2.28 bits per heavy atom. The number of unbranched alkanes of at least 4 members (excludes halogenated alkanes) is 8. The van der Waals surface area contributed by atoms with Gasteiger partial charge in [0.1, 0.15) is 24.4 Å². The van der Waals surface area contributed by atoms with Crippen LogP contribution in [-0.4, -0.2) is 59.6 Å². The SMILES string of the molecule is CCCCC/C=C/CCCCCCCOC[C@H](O)[C@@H]1OC[C@@H](O)[C@@H]1O. The topological polar surface area (TPSA) is 79.2 Å². The van der Waals surface area contributed by atoms with Crippen LogP contribution in [0.3, 0.4) is 0 Å². The van der Waals surface area contributed by atoms with Crippen LogP contribution in [0.25, 0.3) is 0 Å². The van der Waals surface area contributed by atoms with Crippen molar-refractivity contribution >= 4 is 0 Å². The van der Waals surface area contributed by atoms with Gasteiger partial charge >= 0.3 is 0 Å². The van der Waals surface area contributed by atoms with Gasteiger partial charge in [0.25, 0.3) is 0 Å². The highest BCUT2D eigenvalue weighted by molar-refractivity contribution is 4.87. The molecular formula is C20H38O5. The van der Waals surface area contributed by atoms with Gasteiger partial charge in [-0.15, -0.1) is 0 Å². The number of aliphatic hydroxyl groups is 3. The fraction of sp³-hybridized carbons (Fsp3) is 0.900. The van der Waals surface area contributed by atoms with Gasteiger partial charge in [0.15, 0.2) is 0 Å². The molecule has 0 aromatic rings. The van der Waals surface area contributed by atoms with Crippen molar-refractivity contribution in [3.63, 3.8) is 0 Å². The van der Waals surface area contributed by atoms with Crippen molar-refractivity contribution in [2.75, 3.05) is 19.8 Å². The lowest BCUT2D eigenvalue weighted by Crippen LogP contribution is -2.40. The summed E-state index contributed by atoms with van der Waals surface area (Å²) < 4.78 is 10.6. The third kappa shape index (κ3) is 10.3. The molecule has 0 unspecified atom stereocenters. The zero-order valence-electron chi connectivity index (χ0n) is 15.8. The van der Waals surface area contributed by atoms with E-state index in [1.54, 1.807) is 0 Å². The van der Waals surface area contributed by atoms with Gasteiger partial charge in [-0.1, -0.05) is 51.2 Å². The Labute approximate surface area is 153 Å². The van der Waals surface area contributed by atoms with Gasteiger partial charge in [-0.2, -0.15) is 0 Å². The van der Waals surface area contributed by atoms with Gasteiger partial charge in [0.2, 0.25) is 0 Å². The number of aliphatic hydroxyl groups excluding tert-OH is 3. The van der Waals surface area contributed by atoms with Crippen LogP contribution < -0.4 is 0 Å². The van der Waals surface area contributed by atoms with Crippen molar-refractivity contribution in [2.24, 2.45) is 0 Å². The highest BCUT2D eigenvalue weighted by atomic mass is 16.5. The van der Waals surface area contributed by atoms with E-state index in [9.17, 15) is 15.3 Å². The molecule has 0 amide bonds. The monoisotopic (exact) mass is 358 g/mol. The van der Waals surface area contributed by atoms with Gasteiger partial charge < -0.3 is 24.8 Å². The molecule has 1 aliphatic heterocycles. The smallest absolute Gasteiger partial charge is 0.114 e. The number of allylic oxidation sites excluding steroid dienone is 2. The first-order valence-corrected chi connectivity index (χ1v) is 10.0. The molecule has 0 aromatic carbocycles. The fourth-order valence-corrected chi connectivity index (χ4v) is 3.01. The van der Waals surface area contributed by atoms with Crippen molar-refractivity contribution in [1.82, 2.24) is 0 Å². The van der Waals surface area contributed by atoms with Crippen LogP contribution in [0, 0.1) is 0 Å². The van der Waals surface area contributed by atoms with E-state index in [0.717, 1.165) is 12.8 Å². The Hall–Kier alpha value is -0.460. The zero-order chi connectivity index (χ0) is 18.3. The molecule has 0 spiro atoms. The van der Waals surface area contributed by atoms with E-state index in [-0.39, 0.29) is 13.2 Å². The molecule has 4 atom stereocenters. The summed E-state index contributed by atoms with van der Waals surface area (Å²) in [6, 6.07) is 0. The third-order valence-electron chi connectivity index (χ3n) is 4.66. The molecule has 1 aliphatic rings. The molecule has 1 rings (SSSR count). The summed E-state index contributed by atoms with van der Waals surface area (Å²) >= 11 is 0. The molecule has 0 aliphatic carbocycles. The average molecular weight is 359 g/mol. The van der Waals surface area contributed by atoms with Crippen LogP contribution in [0.15, 0.2) is 12.2 Å². The van der Waals surface area contributed by atoms with Crippen LogP contribution in [0.1, 0.15) is 71.1 Å². The number of rotatable bonds is 15. The molecule has 148 valence electrons. The molecule has 5 heteroatoms. The van der Waals surface area contributed by atoms with Crippen LogP contribution in [0.4, 0.5) is 0 Å². The minimum absolute atomic E-state index is 0.0663. The predicted octanol–water partition coefficient (Wildman–Crippen LogP) is 2.96. The van der Waals surface area contributed by atoms with E-state index >= 15 is 0 Å². The number of ether oxygens (including phenoxy) is 2. The summed E-state index contributed by atoms with van der Waals surface area (Å²) in [5.74, 6) is 0.